The first kappa shape index (κ1) is 25.5. The zero-order chi connectivity index (χ0) is 26.2. The number of aryl methyl sites for hydroxylation is 1. The Morgan fingerprint density at radius 2 is 2.03 bits per heavy atom. The van der Waals surface area contributed by atoms with Crippen molar-refractivity contribution in [1.82, 2.24) is 15.3 Å². The lowest BCUT2D eigenvalue weighted by Crippen LogP contribution is -2.40. The fourth-order valence-electron chi connectivity index (χ4n) is 4.01. The first-order valence-electron chi connectivity index (χ1n) is 11.3. The molecule has 3 heterocycles. The zero-order valence-electron chi connectivity index (χ0n) is 19.8. The molecule has 2 fully saturated rings. The molecule has 2 atom stereocenters. The van der Waals surface area contributed by atoms with E-state index in [2.05, 4.69) is 15.7 Å². The van der Waals surface area contributed by atoms with Crippen molar-refractivity contribution in [3.8, 4) is 11.6 Å². The van der Waals surface area contributed by atoms with E-state index >= 15 is 4.39 Å². The fourth-order valence-corrected chi connectivity index (χ4v) is 4.01. The molecule has 2 aliphatic rings. The molecule has 2 aliphatic heterocycles. The number of carbonyl (C=O) groups excluding carboxylic acids is 2. The number of hydrogen-bond donors (Lipinski definition) is 2. The molecule has 0 spiro atoms. The SMILES string of the molecule is COc1cc(C)c(NC(=O)c2cc(F)c(N3NC4CCCCN4C3=O)cc2O[C@@H](C)C(F)(F)F)cn1. The van der Waals surface area contributed by atoms with Crippen LogP contribution in [0.5, 0.6) is 11.6 Å². The summed E-state index contributed by atoms with van der Waals surface area (Å²) in [5, 5.41) is 3.45. The number of nitrogens with one attached hydrogen (secondary N) is 2. The van der Waals surface area contributed by atoms with Gasteiger partial charge in [0.15, 0.2) is 6.10 Å². The molecule has 2 N–H and O–H groups in total. The van der Waals surface area contributed by atoms with Crippen molar-refractivity contribution in [3.63, 3.8) is 0 Å². The lowest BCUT2D eigenvalue weighted by molar-refractivity contribution is -0.189. The van der Waals surface area contributed by atoms with Gasteiger partial charge in [-0.2, -0.15) is 13.2 Å². The van der Waals surface area contributed by atoms with Gasteiger partial charge in [-0.1, -0.05) is 0 Å². The van der Waals surface area contributed by atoms with Gasteiger partial charge >= 0.3 is 12.2 Å². The number of benzene rings is 1. The summed E-state index contributed by atoms with van der Waals surface area (Å²) in [5.41, 5.74) is 2.86. The molecular weight excluding hydrogens is 486 g/mol. The van der Waals surface area contributed by atoms with Gasteiger partial charge in [-0.25, -0.2) is 24.6 Å². The average molecular weight is 511 g/mol. The highest BCUT2D eigenvalue weighted by Gasteiger charge is 2.42. The van der Waals surface area contributed by atoms with E-state index in [9.17, 15) is 22.8 Å². The van der Waals surface area contributed by atoms with E-state index in [1.807, 2.05) is 0 Å². The van der Waals surface area contributed by atoms with Crippen LogP contribution in [-0.2, 0) is 0 Å². The fraction of sp³-hybridized carbons (Fsp3) is 0.435. The summed E-state index contributed by atoms with van der Waals surface area (Å²) >= 11 is 0. The lowest BCUT2D eigenvalue weighted by atomic mass is 10.1. The number of amides is 3. The summed E-state index contributed by atoms with van der Waals surface area (Å²) in [7, 11) is 1.42. The Bertz CT molecular complexity index is 1180. The summed E-state index contributed by atoms with van der Waals surface area (Å²) < 4.78 is 65.2. The third-order valence-corrected chi connectivity index (χ3v) is 6.06. The minimum Gasteiger partial charge on any atom is -0.481 e. The van der Waals surface area contributed by atoms with Crippen molar-refractivity contribution in [2.45, 2.75) is 51.6 Å². The second kappa shape index (κ2) is 9.80. The van der Waals surface area contributed by atoms with Gasteiger partial charge in [-0.05, 0) is 44.7 Å². The minimum absolute atomic E-state index is 0.244. The summed E-state index contributed by atoms with van der Waals surface area (Å²) in [5.74, 6) is -2.15. The molecule has 1 aromatic heterocycles. The lowest BCUT2D eigenvalue weighted by Gasteiger charge is -2.26. The van der Waals surface area contributed by atoms with Crippen LogP contribution in [0.1, 0.15) is 42.1 Å². The van der Waals surface area contributed by atoms with E-state index in [-0.39, 0.29) is 17.5 Å². The molecule has 4 rings (SSSR count). The number of pyridine rings is 1. The van der Waals surface area contributed by atoms with E-state index in [0.717, 1.165) is 36.9 Å². The van der Waals surface area contributed by atoms with Crippen LogP contribution in [0.4, 0.5) is 33.7 Å². The van der Waals surface area contributed by atoms with Crippen LogP contribution in [0.25, 0.3) is 0 Å². The Morgan fingerprint density at radius 1 is 1.28 bits per heavy atom. The van der Waals surface area contributed by atoms with Gasteiger partial charge in [0, 0.05) is 18.7 Å². The maximum Gasteiger partial charge on any atom is 0.425 e. The Labute approximate surface area is 204 Å². The monoisotopic (exact) mass is 511 g/mol. The molecule has 2 aromatic rings. The minimum atomic E-state index is -4.75. The highest BCUT2D eigenvalue weighted by atomic mass is 19.4. The molecule has 0 radical (unpaired) electrons. The van der Waals surface area contributed by atoms with E-state index in [1.54, 1.807) is 13.0 Å². The van der Waals surface area contributed by atoms with Crippen LogP contribution in [-0.4, -0.2) is 53.9 Å². The number of nitrogens with zero attached hydrogens (tertiary/aromatic N) is 3. The second-order valence-electron chi connectivity index (χ2n) is 8.55. The van der Waals surface area contributed by atoms with Crippen LogP contribution < -0.4 is 25.2 Å². The van der Waals surface area contributed by atoms with E-state index in [0.29, 0.717) is 24.4 Å². The number of rotatable bonds is 6. The molecule has 3 amide bonds. The molecule has 9 nitrogen and oxygen atoms in total. The number of fused-ring (bicyclic) bond motifs is 1. The normalized spacial score (nSPS) is 18.6. The predicted molar refractivity (Wildman–Crippen MR) is 121 cm³/mol. The number of urea groups is 1. The van der Waals surface area contributed by atoms with Gasteiger partial charge in [0.2, 0.25) is 5.88 Å². The van der Waals surface area contributed by atoms with Crippen molar-refractivity contribution in [2.75, 3.05) is 24.0 Å². The molecule has 36 heavy (non-hydrogen) atoms. The highest BCUT2D eigenvalue weighted by Crippen LogP contribution is 2.35. The molecule has 13 heteroatoms. The number of piperidine rings is 1. The Morgan fingerprint density at radius 3 is 2.67 bits per heavy atom. The number of alkyl halides is 3. The summed E-state index contributed by atoms with van der Waals surface area (Å²) in [4.78, 5) is 31.4. The van der Waals surface area contributed by atoms with Crippen LogP contribution >= 0.6 is 0 Å². The number of aromatic nitrogens is 1. The molecule has 2 saturated heterocycles. The number of hydrogen-bond acceptors (Lipinski definition) is 6. The first-order valence-corrected chi connectivity index (χ1v) is 11.3. The first-order chi connectivity index (χ1) is 17.0. The predicted octanol–water partition coefficient (Wildman–Crippen LogP) is 4.38. The van der Waals surface area contributed by atoms with Crippen LogP contribution in [0.15, 0.2) is 24.4 Å². The van der Waals surface area contributed by atoms with Crippen molar-refractivity contribution >= 4 is 23.3 Å². The van der Waals surface area contributed by atoms with Crippen molar-refractivity contribution in [2.24, 2.45) is 0 Å². The number of halogens is 4. The summed E-state index contributed by atoms with van der Waals surface area (Å²) in [6.07, 6.45) is -3.80. The Balaban J connectivity index is 1.70. The van der Waals surface area contributed by atoms with Gasteiger partial charge in [0.1, 0.15) is 23.4 Å². The van der Waals surface area contributed by atoms with Gasteiger partial charge in [-0.15, -0.1) is 0 Å². The second-order valence-corrected chi connectivity index (χ2v) is 8.55. The number of hydrazine groups is 1. The van der Waals surface area contributed by atoms with Gasteiger partial charge in [0.25, 0.3) is 5.91 Å². The number of anilines is 2. The maximum atomic E-state index is 15.2. The largest absolute Gasteiger partial charge is 0.481 e. The van der Waals surface area contributed by atoms with Gasteiger partial charge in [-0.3, -0.25) is 4.79 Å². The molecule has 0 bridgehead atoms. The topological polar surface area (TPSA) is 96.0 Å². The molecule has 1 aromatic carbocycles. The third kappa shape index (κ3) is 5.01. The third-order valence-electron chi connectivity index (χ3n) is 6.06. The molecule has 0 aliphatic carbocycles. The van der Waals surface area contributed by atoms with Crippen LogP contribution in [0.2, 0.25) is 0 Å². The number of ether oxygens (including phenoxy) is 2. The highest BCUT2D eigenvalue weighted by molar-refractivity contribution is 6.07. The van der Waals surface area contributed by atoms with E-state index in [4.69, 9.17) is 9.47 Å². The smallest absolute Gasteiger partial charge is 0.425 e. The van der Waals surface area contributed by atoms with E-state index in [1.165, 1.54) is 18.2 Å². The molecule has 0 saturated carbocycles. The Hall–Kier alpha value is -3.61. The van der Waals surface area contributed by atoms with Crippen LogP contribution in [0.3, 0.4) is 0 Å². The Kier molecular flexibility index (Phi) is 6.94. The molecular formula is C23H25F4N5O4. The molecule has 194 valence electrons. The summed E-state index contributed by atoms with van der Waals surface area (Å²) in [6, 6.07) is 2.68. The van der Waals surface area contributed by atoms with Crippen LogP contribution in [0, 0.1) is 12.7 Å². The number of methoxy groups -OCH3 is 1. The van der Waals surface area contributed by atoms with Crippen molar-refractivity contribution in [3.05, 3.63) is 41.3 Å². The summed E-state index contributed by atoms with van der Waals surface area (Å²) in [6.45, 7) is 2.90. The van der Waals surface area contributed by atoms with Crippen molar-refractivity contribution in [1.29, 1.82) is 0 Å². The van der Waals surface area contributed by atoms with Gasteiger partial charge < -0.3 is 19.7 Å². The average Bonchev–Trinajstić information content (AvgIpc) is 3.16. The molecule has 1 unspecified atom stereocenters. The van der Waals surface area contributed by atoms with Crippen molar-refractivity contribution < 1.29 is 36.6 Å². The zero-order valence-corrected chi connectivity index (χ0v) is 19.8. The maximum absolute atomic E-state index is 15.2. The number of carbonyl (C=O) groups is 2. The standard InChI is InChI=1S/C23H25F4N5O4/c1-12-8-20(35-3)28-11-16(12)29-21(33)14-9-15(24)17(10-18(14)36-13(2)23(25,26)27)32-22(34)31-7-5-4-6-19(31)30-32/h8-11,13,19,30H,4-7H2,1-3H3,(H,29,33)/t13-,19?/m0/s1. The van der Waals surface area contributed by atoms with Gasteiger partial charge in [0.05, 0.1) is 24.6 Å². The van der Waals surface area contributed by atoms with E-state index < -0.39 is 41.3 Å². The quantitative estimate of drug-likeness (QED) is 0.559.